The van der Waals surface area contributed by atoms with Gasteiger partial charge in [-0.3, -0.25) is 4.79 Å². The molecule has 5 nitrogen and oxygen atoms in total. The molecular weight excluding hydrogens is 186 g/mol. The van der Waals surface area contributed by atoms with Crippen LogP contribution in [0.15, 0.2) is 0 Å². The highest BCUT2D eigenvalue weighted by Crippen LogP contribution is 2.09. The summed E-state index contributed by atoms with van der Waals surface area (Å²) in [5.41, 5.74) is 0. The van der Waals surface area contributed by atoms with Gasteiger partial charge in [0.1, 0.15) is 6.04 Å². The van der Waals surface area contributed by atoms with Crippen LogP contribution in [0.4, 0.5) is 0 Å². The molecular formula is C9H15NO4. The first-order chi connectivity index (χ1) is 6.65. The van der Waals surface area contributed by atoms with Gasteiger partial charge in [0.05, 0.1) is 0 Å². The van der Waals surface area contributed by atoms with Crippen LogP contribution in [0.1, 0.15) is 26.2 Å². The molecule has 0 amide bonds. The molecule has 2 atom stereocenters. The molecule has 1 unspecified atom stereocenters. The Labute approximate surface area is 82.4 Å². The molecule has 5 heteroatoms. The number of hydrogen-bond acceptors (Lipinski definition) is 4. The van der Waals surface area contributed by atoms with Crippen molar-refractivity contribution < 1.29 is 19.4 Å². The molecule has 0 aromatic rings. The van der Waals surface area contributed by atoms with Crippen molar-refractivity contribution in [2.24, 2.45) is 0 Å². The Kier molecular flexibility index (Phi) is 3.88. The predicted molar refractivity (Wildman–Crippen MR) is 48.8 cm³/mol. The number of carboxylic acids is 1. The van der Waals surface area contributed by atoms with E-state index < -0.39 is 18.0 Å². The molecule has 80 valence electrons. The van der Waals surface area contributed by atoms with E-state index in [9.17, 15) is 9.59 Å². The van der Waals surface area contributed by atoms with Gasteiger partial charge < -0.3 is 15.2 Å². The molecule has 2 N–H and O–H groups in total. The van der Waals surface area contributed by atoms with Gasteiger partial charge in [-0.25, -0.2) is 4.79 Å². The first-order valence-corrected chi connectivity index (χ1v) is 4.81. The van der Waals surface area contributed by atoms with Gasteiger partial charge in [0.15, 0.2) is 6.10 Å². The van der Waals surface area contributed by atoms with Gasteiger partial charge in [0, 0.05) is 0 Å². The lowest BCUT2D eigenvalue weighted by Crippen LogP contribution is -2.37. The summed E-state index contributed by atoms with van der Waals surface area (Å²) in [5, 5.41) is 11.6. The molecule has 0 aromatic carbocycles. The quantitative estimate of drug-likeness (QED) is 0.633. The summed E-state index contributed by atoms with van der Waals surface area (Å²) in [5.74, 6) is -1.53. The van der Waals surface area contributed by atoms with Crippen LogP contribution in [0.2, 0.25) is 0 Å². The fraction of sp³-hybridized carbons (Fsp3) is 0.778. The third-order valence-electron chi connectivity index (χ3n) is 2.25. The van der Waals surface area contributed by atoms with Crippen LogP contribution in [-0.2, 0) is 14.3 Å². The number of nitrogens with one attached hydrogen (secondary N) is 1. The summed E-state index contributed by atoms with van der Waals surface area (Å²) >= 11 is 0. The minimum Gasteiger partial charge on any atom is -0.479 e. The molecule has 0 bridgehead atoms. The first-order valence-electron chi connectivity index (χ1n) is 4.81. The average Bonchev–Trinajstić information content (AvgIpc) is 2.65. The number of esters is 1. The fourth-order valence-electron chi connectivity index (χ4n) is 1.42. The summed E-state index contributed by atoms with van der Waals surface area (Å²) in [7, 11) is 0. The Morgan fingerprint density at radius 3 is 2.79 bits per heavy atom. The van der Waals surface area contributed by atoms with Gasteiger partial charge in [0.2, 0.25) is 0 Å². The third kappa shape index (κ3) is 2.70. The fourth-order valence-corrected chi connectivity index (χ4v) is 1.42. The summed E-state index contributed by atoms with van der Waals surface area (Å²) < 4.78 is 4.84. The summed E-state index contributed by atoms with van der Waals surface area (Å²) in [6, 6.07) is -0.316. The number of ether oxygens (including phenoxy) is 1. The standard InChI is InChI=1S/C9H15NO4/c1-2-7(8(11)12)14-9(13)6-4-3-5-10-6/h6-7,10H,2-5H2,1H3,(H,11,12)/t6-,7?/m0/s1. The molecule has 0 aliphatic carbocycles. The number of carbonyl (C=O) groups excluding carboxylic acids is 1. The van der Waals surface area contributed by atoms with Crippen molar-refractivity contribution >= 4 is 11.9 Å². The maximum Gasteiger partial charge on any atom is 0.345 e. The Morgan fingerprint density at radius 1 is 1.64 bits per heavy atom. The number of hydrogen-bond donors (Lipinski definition) is 2. The summed E-state index contributed by atoms with van der Waals surface area (Å²) in [6.07, 6.45) is 0.955. The Morgan fingerprint density at radius 2 is 2.36 bits per heavy atom. The molecule has 0 saturated carbocycles. The predicted octanol–water partition coefficient (Wildman–Crippen LogP) is 0.145. The summed E-state index contributed by atoms with van der Waals surface area (Å²) in [6.45, 7) is 2.47. The van der Waals surface area contributed by atoms with Crippen LogP contribution in [0.25, 0.3) is 0 Å². The van der Waals surface area contributed by atoms with E-state index in [0.29, 0.717) is 6.42 Å². The molecule has 0 radical (unpaired) electrons. The molecule has 0 spiro atoms. The number of carboxylic acid groups (broad SMARTS) is 1. The molecule has 1 aliphatic heterocycles. The zero-order valence-corrected chi connectivity index (χ0v) is 8.16. The highest BCUT2D eigenvalue weighted by molar-refractivity contribution is 5.81. The van der Waals surface area contributed by atoms with Gasteiger partial charge in [-0.05, 0) is 25.8 Å². The third-order valence-corrected chi connectivity index (χ3v) is 2.25. The topological polar surface area (TPSA) is 75.6 Å². The van der Waals surface area contributed by atoms with Crippen molar-refractivity contribution in [1.29, 1.82) is 0 Å². The van der Waals surface area contributed by atoms with Crippen LogP contribution < -0.4 is 5.32 Å². The normalized spacial score (nSPS) is 23.1. The van der Waals surface area contributed by atoms with Crippen LogP contribution in [-0.4, -0.2) is 35.7 Å². The molecule has 1 rings (SSSR count). The number of rotatable bonds is 4. The SMILES string of the molecule is CCC(OC(=O)[C@@H]1CCCN1)C(=O)O. The van der Waals surface area contributed by atoms with Gasteiger partial charge >= 0.3 is 11.9 Å². The monoisotopic (exact) mass is 201 g/mol. The minimum atomic E-state index is -1.08. The van der Waals surface area contributed by atoms with Crippen molar-refractivity contribution in [3.63, 3.8) is 0 Å². The Hall–Kier alpha value is -1.10. The van der Waals surface area contributed by atoms with Gasteiger partial charge in [-0.1, -0.05) is 6.92 Å². The van der Waals surface area contributed by atoms with Crippen LogP contribution in [0.5, 0.6) is 0 Å². The molecule has 1 heterocycles. The second-order valence-corrected chi connectivity index (χ2v) is 3.32. The second-order valence-electron chi connectivity index (χ2n) is 3.32. The highest BCUT2D eigenvalue weighted by atomic mass is 16.6. The lowest BCUT2D eigenvalue weighted by Gasteiger charge is -2.14. The Bertz CT molecular complexity index is 223. The maximum absolute atomic E-state index is 11.4. The Balaban J connectivity index is 2.41. The van der Waals surface area contributed by atoms with Crippen molar-refractivity contribution in [2.75, 3.05) is 6.54 Å². The zero-order chi connectivity index (χ0) is 10.6. The van der Waals surface area contributed by atoms with E-state index >= 15 is 0 Å². The van der Waals surface area contributed by atoms with Crippen molar-refractivity contribution in [3.8, 4) is 0 Å². The maximum atomic E-state index is 11.4. The lowest BCUT2D eigenvalue weighted by molar-refractivity contribution is -0.165. The van der Waals surface area contributed by atoms with E-state index in [1.807, 2.05) is 0 Å². The molecule has 0 aromatic heterocycles. The van der Waals surface area contributed by atoms with E-state index in [1.54, 1.807) is 6.92 Å². The zero-order valence-electron chi connectivity index (χ0n) is 8.16. The smallest absolute Gasteiger partial charge is 0.345 e. The minimum absolute atomic E-state index is 0.299. The number of aliphatic carboxylic acids is 1. The first kappa shape index (κ1) is 11.0. The largest absolute Gasteiger partial charge is 0.479 e. The lowest BCUT2D eigenvalue weighted by atomic mass is 10.2. The van der Waals surface area contributed by atoms with E-state index in [1.165, 1.54) is 0 Å². The second kappa shape index (κ2) is 4.95. The van der Waals surface area contributed by atoms with Gasteiger partial charge in [-0.15, -0.1) is 0 Å². The molecule has 1 fully saturated rings. The van der Waals surface area contributed by atoms with E-state index in [4.69, 9.17) is 9.84 Å². The van der Waals surface area contributed by atoms with Crippen molar-refractivity contribution in [3.05, 3.63) is 0 Å². The van der Waals surface area contributed by atoms with Crippen LogP contribution >= 0.6 is 0 Å². The molecule has 1 saturated heterocycles. The number of carbonyl (C=O) groups is 2. The van der Waals surface area contributed by atoms with E-state index in [-0.39, 0.29) is 6.04 Å². The summed E-state index contributed by atoms with van der Waals surface area (Å²) in [4.78, 5) is 22.0. The average molecular weight is 201 g/mol. The van der Waals surface area contributed by atoms with Gasteiger partial charge in [-0.2, -0.15) is 0 Å². The van der Waals surface area contributed by atoms with E-state index in [2.05, 4.69) is 5.32 Å². The van der Waals surface area contributed by atoms with Crippen LogP contribution in [0, 0.1) is 0 Å². The van der Waals surface area contributed by atoms with Gasteiger partial charge in [0.25, 0.3) is 0 Å². The molecule has 14 heavy (non-hydrogen) atoms. The van der Waals surface area contributed by atoms with E-state index in [0.717, 1.165) is 19.4 Å². The van der Waals surface area contributed by atoms with Crippen LogP contribution in [0.3, 0.4) is 0 Å². The molecule has 1 aliphatic rings. The van der Waals surface area contributed by atoms with Crippen molar-refractivity contribution in [2.45, 2.75) is 38.3 Å². The van der Waals surface area contributed by atoms with Crippen molar-refractivity contribution in [1.82, 2.24) is 5.32 Å². The highest BCUT2D eigenvalue weighted by Gasteiger charge is 2.28.